The summed E-state index contributed by atoms with van der Waals surface area (Å²) in [6.45, 7) is 8.60. The zero-order valence-electron chi connectivity index (χ0n) is 22.3. The van der Waals surface area contributed by atoms with Crippen molar-refractivity contribution in [2.24, 2.45) is 0 Å². The van der Waals surface area contributed by atoms with Gasteiger partial charge in [-0.2, -0.15) is 0 Å². The molecular formula is C29H34ClN3O4S. The van der Waals surface area contributed by atoms with E-state index in [1.807, 2.05) is 45.0 Å². The Morgan fingerprint density at radius 1 is 0.895 bits per heavy atom. The molecule has 0 bridgehead atoms. The van der Waals surface area contributed by atoms with Crippen LogP contribution in [0.5, 0.6) is 0 Å². The third kappa shape index (κ3) is 6.74. The Labute approximate surface area is 230 Å². The third-order valence-corrected chi connectivity index (χ3v) is 8.50. The Hall–Kier alpha value is -3.36. The fraction of sp³-hybridized carbons (Fsp3) is 0.310. The topological polar surface area (TPSA) is 86.8 Å². The van der Waals surface area contributed by atoms with Gasteiger partial charge in [-0.05, 0) is 75.6 Å². The van der Waals surface area contributed by atoms with Crippen LogP contribution in [-0.4, -0.2) is 43.8 Å². The van der Waals surface area contributed by atoms with Crippen molar-refractivity contribution in [3.63, 3.8) is 0 Å². The zero-order chi connectivity index (χ0) is 28.0. The van der Waals surface area contributed by atoms with Gasteiger partial charge < -0.3 is 10.2 Å². The van der Waals surface area contributed by atoms with Crippen LogP contribution < -0.4 is 9.62 Å². The Bertz CT molecular complexity index is 1390. The molecule has 0 aliphatic heterocycles. The molecule has 202 valence electrons. The molecule has 1 N–H and O–H groups in total. The maximum absolute atomic E-state index is 14.0. The summed E-state index contributed by atoms with van der Waals surface area (Å²) in [6.07, 6.45) is 0. The van der Waals surface area contributed by atoms with E-state index in [-0.39, 0.29) is 23.4 Å². The van der Waals surface area contributed by atoms with Crippen LogP contribution in [0.25, 0.3) is 0 Å². The van der Waals surface area contributed by atoms with Gasteiger partial charge in [0, 0.05) is 17.6 Å². The second-order valence-electron chi connectivity index (χ2n) is 9.50. The van der Waals surface area contributed by atoms with E-state index in [0.717, 1.165) is 15.4 Å². The minimum absolute atomic E-state index is 0.0447. The van der Waals surface area contributed by atoms with E-state index in [9.17, 15) is 18.0 Å². The van der Waals surface area contributed by atoms with Gasteiger partial charge in [0.05, 0.1) is 10.6 Å². The van der Waals surface area contributed by atoms with Crippen molar-refractivity contribution in [3.8, 4) is 0 Å². The lowest BCUT2D eigenvalue weighted by molar-refractivity contribution is -0.139. The highest BCUT2D eigenvalue weighted by molar-refractivity contribution is 7.92. The molecular weight excluding hydrogens is 522 g/mol. The van der Waals surface area contributed by atoms with Gasteiger partial charge in [-0.25, -0.2) is 8.42 Å². The van der Waals surface area contributed by atoms with E-state index in [1.165, 1.54) is 17.0 Å². The van der Waals surface area contributed by atoms with Crippen molar-refractivity contribution in [3.05, 3.63) is 94.5 Å². The molecule has 9 heteroatoms. The molecule has 2 amide bonds. The number of rotatable bonds is 10. The quantitative estimate of drug-likeness (QED) is 0.377. The minimum Gasteiger partial charge on any atom is -0.352 e. The summed E-state index contributed by atoms with van der Waals surface area (Å²) in [4.78, 5) is 28.4. The number of halogens is 1. The lowest BCUT2D eigenvalue weighted by atomic mass is 10.1. The van der Waals surface area contributed by atoms with E-state index < -0.39 is 28.5 Å². The molecule has 3 rings (SSSR count). The van der Waals surface area contributed by atoms with Crippen LogP contribution in [0.1, 0.15) is 37.5 Å². The monoisotopic (exact) mass is 555 g/mol. The fourth-order valence-electron chi connectivity index (χ4n) is 4.06. The average Bonchev–Trinajstić information content (AvgIpc) is 2.88. The summed E-state index contributed by atoms with van der Waals surface area (Å²) in [6, 6.07) is 19.5. The molecule has 1 atom stereocenters. The highest BCUT2D eigenvalue weighted by Crippen LogP contribution is 2.31. The van der Waals surface area contributed by atoms with Gasteiger partial charge in [0.2, 0.25) is 11.8 Å². The molecule has 0 radical (unpaired) electrons. The normalized spacial score (nSPS) is 12.2. The number of amides is 2. The van der Waals surface area contributed by atoms with Gasteiger partial charge in [0.1, 0.15) is 12.6 Å². The summed E-state index contributed by atoms with van der Waals surface area (Å²) in [5, 5.41) is 3.23. The Kier molecular flexibility index (Phi) is 9.57. The molecule has 0 aromatic heterocycles. The van der Waals surface area contributed by atoms with Crippen molar-refractivity contribution in [2.75, 3.05) is 10.8 Å². The molecule has 0 heterocycles. The van der Waals surface area contributed by atoms with Crippen LogP contribution in [0.15, 0.2) is 77.7 Å². The second kappa shape index (κ2) is 12.5. The first kappa shape index (κ1) is 29.2. The van der Waals surface area contributed by atoms with Crippen LogP contribution in [0.2, 0.25) is 5.02 Å². The Morgan fingerprint density at radius 3 is 2.16 bits per heavy atom. The first-order chi connectivity index (χ1) is 17.9. The largest absolute Gasteiger partial charge is 0.352 e. The molecule has 3 aromatic carbocycles. The smallest absolute Gasteiger partial charge is 0.264 e. The van der Waals surface area contributed by atoms with Crippen molar-refractivity contribution >= 4 is 39.1 Å². The number of carbonyl (C=O) groups excluding carboxylic acids is 2. The number of hydrogen-bond donors (Lipinski definition) is 1. The van der Waals surface area contributed by atoms with Gasteiger partial charge >= 0.3 is 0 Å². The van der Waals surface area contributed by atoms with E-state index in [2.05, 4.69) is 5.32 Å². The van der Waals surface area contributed by atoms with Crippen LogP contribution in [0.3, 0.4) is 0 Å². The minimum atomic E-state index is -4.14. The first-order valence-electron chi connectivity index (χ1n) is 12.4. The van der Waals surface area contributed by atoms with Crippen molar-refractivity contribution in [1.82, 2.24) is 10.2 Å². The molecule has 0 aliphatic rings. The molecule has 38 heavy (non-hydrogen) atoms. The Balaban J connectivity index is 2.08. The van der Waals surface area contributed by atoms with Gasteiger partial charge in [0.25, 0.3) is 10.0 Å². The van der Waals surface area contributed by atoms with Gasteiger partial charge in [-0.1, -0.05) is 60.1 Å². The number of hydrogen-bond acceptors (Lipinski definition) is 4. The maximum atomic E-state index is 14.0. The van der Waals surface area contributed by atoms with E-state index in [0.29, 0.717) is 16.3 Å². The number of nitrogens with one attached hydrogen (secondary N) is 1. The SMILES string of the molecule is Cc1ccccc1CN(C(=O)CN(c1cccc(Cl)c1C)S(=O)(=O)c1ccccc1)[C@H](C)C(=O)NC(C)C. The lowest BCUT2D eigenvalue weighted by Gasteiger charge is -2.33. The molecule has 3 aromatic rings. The van der Waals surface area contributed by atoms with Crippen molar-refractivity contribution < 1.29 is 18.0 Å². The predicted octanol–water partition coefficient (Wildman–Crippen LogP) is 5.09. The number of aryl methyl sites for hydroxylation is 1. The molecule has 0 saturated carbocycles. The predicted molar refractivity (Wildman–Crippen MR) is 152 cm³/mol. The van der Waals surface area contributed by atoms with Gasteiger partial charge in [-0.15, -0.1) is 0 Å². The first-order valence-corrected chi connectivity index (χ1v) is 14.2. The van der Waals surface area contributed by atoms with Crippen LogP contribution in [-0.2, 0) is 26.2 Å². The van der Waals surface area contributed by atoms with Crippen LogP contribution in [0, 0.1) is 13.8 Å². The van der Waals surface area contributed by atoms with Gasteiger partial charge in [-0.3, -0.25) is 13.9 Å². The van der Waals surface area contributed by atoms with Crippen molar-refractivity contribution in [2.45, 2.75) is 58.1 Å². The molecule has 0 unspecified atom stereocenters. The number of anilines is 1. The summed E-state index contributed by atoms with van der Waals surface area (Å²) in [7, 11) is -4.14. The lowest BCUT2D eigenvalue weighted by Crippen LogP contribution is -2.52. The number of carbonyl (C=O) groups is 2. The highest BCUT2D eigenvalue weighted by Gasteiger charge is 2.33. The number of nitrogens with zero attached hydrogens (tertiary/aromatic N) is 2. The summed E-state index contributed by atoms with van der Waals surface area (Å²) < 4.78 is 28.8. The van der Waals surface area contributed by atoms with Crippen molar-refractivity contribution in [1.29, 1.82) is 0 Å². The third-order valence-electron chi connectivity index (χ3n) is 6.32. The van der Waals surface area contributed by atoms with Crippen LogP contribution >= 0.6 is 11.6 Å². The molecule has 0 fully saturated rings. The summed E-state index contributed by atoms with van der Waals surface area (Å²) in [5.74, 6) is -0.836. The summed E-state index contributed by atoms with van der Waals surface area (Å²) in [5.41, 5.74) is 2.64. The van der Waals surface area contributed by atoms with Gasteiger partial charge in [0.15, 0.2) is 0 Å². The van der Waals surface area contributed by atoms with E-state index >= 15 is 0 Å². The second-order valence-corrected chi connectivity index (χ2v) is 11.8. The molecule has 0 aliphatic carbocycles. The molecule has 0 spiro atoms. The molecule has 0 saturated heterocycles. The van der Waals surface area contributed by atoms with E-state index in [4.69, 9.17) is 11.6 Å². The average molecular weight is 556 g/mol. The fourth-order valence-corrected chi connectivity index (χ4v) is 5.72. The maximum Gasteiger partial charge on any atom is 0.264 e. The highest BCUT2D eigenvalue weighted by atomic mass is 35.5. The molecule has 7 nitrogen and oxygen atoms in total. The zero-order valence-corrected chi connectivity index (χ0v) is 23.9. The Morgan fingerprint density at radius 2 is 1.53 bits per heavy atom. The number of benzene rings is 3. The van der Waals surface area contributed by atoms with Crippen LogP contribution in [0.4, 0.5) is 5.69 Å². The number of sulfonamides is 1. The van der Waals surface area contributed by atoms with E-state index in [1.54, 1.807) is 50.2 Å². The summed E-state index contributed by atoms with van der Waals surface area (Å²) >= 11 is 6.35. The standard InChI is InChI=1S/C29H34ClN3O4S/c1-20(2)31-29(35)23(5)32(18-24-13-10-9-12-21(24)3)28(34)19-33(27-17-11-16-26(30)22(27)4)38(36,37)25-14-7-6-8-15-25/h6-17,20,23H,18-19H2,1-5H3,(H,31,35)/t23-/m1/s1.